The molecule has 0 heterocycles. The molecule has 0 spiro atoms. The predicted molar refractivity (Wildman–Crippen MR) is 164 cm³/mol. The fraction of sp³-hybridized carbons (Fsp3) is 0.882. The third-order valence-corrected chi connectivity index (χ3v) is 7.31. The van der Waals surface area contributed by atoms with E-state index in [4.69, 9.17) is 9.47 Å². The fourth-order valence-corrected chi connectivity index (χ4v) is 4.72. The van der Waals surface area contributed by atoms with E-state index in [0.717, 1.165) is 44.9 Å². The number of carbonyl (C=O) groups is 2. The molecule has 0 saturated heterocycles. The minimum Gasteiger partial charge on any atom is -0.462 e. The molecule has 0 fully saturated rings. The van der Waals surface area contributed by atoms with Crippen molar-refractivity contribution in [1.29, 1.82) is 0 Å². The largest absolute Gasteiger partial charge is 0.462 e. The quantitative estimate of drug-likeness (QED) is 0.0545. The van der Waals surface area contributed by atoms with E-state index in [0.29, 0.717) is 12.8 Å². The first kappa shape index (κ1) is 37.6. The lowest BCUT2D eigenvalue weighted by atomic mass is 10.0. The Balaban J connectivity index is 3.58. The number of aliphatic hydroxyl groups excluding tert-OH is 1. The average Bonchev–Trinajstić information content (AvgIpc) is 2.94. The molecule has 0 aromatic rings. The van der Waals surface area contributed by atoms with Crippen LogP contribution in [0.25, 0.3) is 0 Å². The molecule has 0 bridgehead atoms. The summed E-state index contributed by atoms with van der Waals surface area (Å²) >= 11 is 0. The van der Waals surface area contributed by atoms with Gasteiger partial charge in [-0.3, -0.25) is 9.59 Å². The molecule has 5 nitrogen and oxygen atoms in total. The zero-order valence-electron chi connectivity index (χ0n) is 25.9. The number of esters is 2. The Kier molecular flexibility index (Phi) is 30.1. The first-order valence-electron chi connectivity index (χ1n) is 16.7. The van der Waals surface area contributed by atoms with Gasteiger partial charge in [-0.15, -0.1) is 0 Å². The van der Waals surface area contributed by atoms with Gasteiger partial charge in [0.15, 0.2) is 6.10 Å². The van der Waals surface area contributed by atoms with Crippen LogP contribution in [0.2, 0.25) is 0 Å². The maximum absolute atomic E-state index is 12.1. The van der Waals surface area contributed by atoms with Crippen LogP contribution >= 0.6 is 0 Å². The highest BCUT2D eigenvalue weighted by molar-refractivity contribution is 5.70. The Morgan fingerprint density at radius 1 is 0.564 bits per heavy atom. The summed E-state index contributed by atoms with van der Waals surface area (Å²) < 4.78 is 10.5. The highest BCUT2D eigenvalue weighted by atomic mass is 16.6. The van der Waals surface area contributed by atoms with E-state index in [1.54, 1.807) is 0 Å². The van der Waals surface area contributed by atoms with Crippen molar-refractivity contribution in [1.82, 2.24) is 0 Å². The third-order valence-electron chi connectivity index (χ3n) is 7.31. The molecular formula is C34H64O5. The molecule has 0 radical (unpaired) electrons. The van der Waals surface area contributed by atoms with E-state index in [1.165, 1.54) is 103 Å². The van der Waals surface area contributed by atoms with E-state index >= 15 is 0 Å². The van der Waals surface area contributed by atoms with Gasteiger partial charge in [0.25, 0.3) is 0 Å². The Bertz CT molecular complexity index is 560. The van der Waals surface area contributed by atoms with Crippen LogP contribution in [-0.2, 0) is 19.1 Å². The number of rotatable bonds is 30. The van der Waals surface area contributed by atoms with Gasteiger partial charge in [-0.25, -0.2) is 0 Å². The van der Waals surface area contributed by atoms with Gasteiger partial charge in [-0.1, -0.05) is 135 Å². The molecule has 1 N–H and O–H groups in total. The maximum Gasteiger partial charge on any atom is 0.306 e. The molecule has 0 aliphatic carbocycles. The van der Waals surface area contributed by atoms with Gasteiger partial charge in [-0.05, 0) is 38.5 Å². The monoisotopic (exact) mass is 552 g/mol. The first-order chi connectivity index (χ1) is 19.1. The van der Waals surface area contributed by atoms with E-state index in [2.05, 4.69) is 26.0 Å². The van der Waals surface area contributed by atoms with Crippen molar-refractivity contribution in [3.8, 4) is 0 Å². The second-order valence-electron chi connectivity index (χ2n) is 11.2. The van der Waals surface area contributed by atoms with Gasteiger partial charge >= 0.3 is 11.9 Å². The molecule has 0 aliphatic rings. The van der Waals surface area contributed by atoms with Crippen molar-refractivity contribution in [3.05, 3.63) is 12.2 Å². The molecule has 39 heavy (non-hydrogen) atoms. The average molecular weight is 553 g/mol. The molecule has 5 heteroatoms. The van der Waals surface area contributed by atoms with Gasteiger partial charge in [0.1, 0.15) is 6.61 Å². The summed E-state index contributed by atoms with van der Waals surface area (Å²) in [5, 5.41) is 9.49. The number of ether oxygens (including phenoxy) is 2. The van der Waals surface area contributed by atoms with Crippen LogP contribution in [0.4, 0.5) is 0 Å². The normalized spacial score (nSPS) is 12.2. The van der Waals surface area contributed by atoms with E-state index in [-0.39, 0.29) is 25.2 Å². The molecular weight excluding hydrogens is 488 g/mol. The van der Waals surface area contributed by atoms with Crippen LogP contribution in [0.1, 0.15) is 174 Å². The van der Waals surface area contributed by atoms with Crippen LogP contribution < -0.4 is 0 Å². The number of hydrogen-bond acceptors (Lipinski definition) is 5. The lowest BCUT2D eigenvalue weighted by molar-refractivity contribution is -0.161. The van der Waals surface area contributed by atoms with Crippen molar-refractivity contribution in [2.45, 2.75) is 180 Å². The number of aliphatic hydroxyl groups is 1. The summed E-state index contributed by atoms with van der Waals surface area (Å²) in [5.41, 5.74) is 0. The lowest BCUT2D eigenvalue weighted by Gasteiger charge is -2.15. The summed E-state index contributed by atoms with van der Waals surface area (Å²) in [4.78, 5) is 24.1. The van der Waals surface area contributed by atoms with Crippen LogP contribution in [0.15, 0.2) is 12.2 Å². The molecule has 230 valence electrons. The third kappa shape index (κ3) is 29.4. The topological polar surface area (TPSA) is 72.8 Å². The number of carbonyl (C=O) groups excluding carboxylic acids is 2. The number of unbranched alkanes of at least 4 members (excludes halogenated alkanes) is 20. The van der Waals surface area contributed by atoms with Crippen LogP contribution in [-0.4, -0.2) is 36.4 Å². The highest BCUT2D eigenvalue weighted by Crippen LogP contribution is 2.13. The minimum absolute atomic E-state index is 0.0652. The molecule has 0 aromatic heterocycles. The van der Waals surface area contributed by atoms with Crippen molar-refractivity contribution < 1.29 is 24.2 Å². The summed E-state index contributed by atoms with van der Waals surface area (Å²) in [5.74, 6) is -0.597. The van der Waals surface area contributed by atoms with Gasteiger partial charge in [0.2, 0.25) is 0 Å². The SMILES string of the molecule is CCCCCC/C=C/CCCCCCCC(=O)OC[C@H](CO)OC(=O)CCCCCCCCCCCCCC. The van der Waals surface area contributed by atoms with Gasteiger partial charge < -0.3 is 14.6 Å². The summed E-state index contributed by atoms with van der Waals surface area (Å²) in [7, 11) is 0. The van der Waals surface area contributed by atoms with Crippen molar-refractivity contribution in [2.24, 2.45) is 0 Å². The fourth-order valence-electron chi connectivity index (χ4n) is 4.72. The molecule has 0 aromatic carbocycles. The molecule has 0 amide bonds. The standard InChI is InChI=1S/C34H64O5/c1-3-5-7-9-11-13-15-17-19-20-22-24-26-28-33(36)38-31-32(30-35)39-34(37)29-27-25-23-21-18-16-14-12-10-8-6-4-2/h13,15,32,35H,3-12,14,16-31H2,1-2H3/b15-13+/t32-/m0/s1. The lowest BCUT2D eigenvalue weighted by Crippen LogP contribution is -2.28. The van der Waals surface area contributed by atoms with Gasteiger partial charge in [-0.2, -0.15) is 0 Å². The summed E-state index contributed by atoms with van der Waals surface area (Å²) in [6.45, 7) is 4.10. The first-order valence-corrected chi connectivity index (χ1v) is 16.7. The predicted octanol–water partition coefficient (Wildman–Crippen LogP) is 9.78. The Labute approximate surface area is 241 Å². The van der Waals surface area contributed by atoms with E-state index in [1.807, 2.05) is 0 Å². The smallest absolute Gasteiger partial charge is 0.306 e. The molecule has 1 atom stereocenters. The van der Waals surface area contributed by atoms with Gasteiger partial charge in [0.05, 0.1) is 6.61 Å². The van der Waals surface area contributed by atoms with Crippen LogP contribution in [0.5, 0.6) is 0 Å². The van der Waals surface area contributed by atoms with Crippen molar-refractivity contribution >= 4 is 11.9 Å². The Hall–Kier alpha value is -1.36. The second-order valence-corrected chi connectivity index (χ2v) is 11.2. The summed E-state index contributed by atoms with van der Waals surface area (Å²) in [6, 6.07) is 0. The van der Waals surface area contributed by atoms with Gasteiger partial charge in [0, 0.05) is 12.8 Å². The number of hydrogen-bond donors (Lipinski definition) is 1. The maximum atomic E-state index is 12.1. The van der Waals surface area contributed by atoms with Crippen molar-refractivity contribution in [3.63, 3.8) is 0 Å². The molecule has 0 rings (SSSR count). The Morgan fingerprint density at radius 3 is 1.41 bits per heavy atom. The number of allylic oxidation sites excluding steroid dienone is 2. The Morgan fingerprint density at radius 2 is 0.949 bits per heavy atom. The van der Waals surface area contributed by atoms with Crippen LogP contribution in [0.3, 0.4) is 0 Å². The summed E-state index contributed by atoms with van der Waals surface area (Å²) in [6.07, 6.45) is 32.6. The molecule has 0 saturated carbocycles. The van der Waals surface area contributed by atoms with E-state index in [9.17, 15) is 14.7 Å². The zero-order chi connectivity index (χ0) is 28.7. The van der Waals surface area contributed by atoms with E-state index < -0.39 is 6.10 Å². The zero-order valence-corrected chi connectivity index (χ0v) is 25.9. The highest BCUT2D eigenvalue weighted by Gasteiger charge is 2.16. The van der Waals surface area contributed by atoms with Crippen molar-refractivity contribution in [2.75, 3.05) is 13.2 Å². The second kappa shape index (κ2) is 31.2. The van der Waals surface area contributed by atoms with Crippen LogP contribution in [0, 0.1) is 0 Å². The molecule has 0 unspecified atom stereocenters. The minimum atomic E-state index is -0.765. The molecule has 0 aliphatic heterocycles.